The molecule has 1 aliphatic heterocycles. The van der Waals surface area contributed by atoms with Crippen LogP contribution in [-0.4, -0.2) is 31.3 Å². The van der Waals surface area contributed by atoms with Gasteiger partial charge in [0.15, 0.2) is 6.10 Å². The molecule has 1 aliphatic carbocycles. The molecule has 23 heavy (non-hydrogen) atoms. The van der Waals surface area contributed by atoms with E-state index in [0.29, 0.717) is 19.6 Å². The van der Waals surface area contributed by atoms with Gasteiger partial charge in [0.05, 0.1) is 25.0 Å². The molecule has 0 aromatic heterocycles. The van der Waals surface area contributed by atoms with Crippen molar-refractivity contribution in [1.82, 2.24) is 0 Å². The number of hydrogen-bond acceptors (Lipinski definition) is 5. The molecule has 0 saturated carbocycles. The van der Waals surface area contributed by atoms with Gasteiger partial charge in [-0.2, -0.15) is 0 Å². The number of fused-ring (bicyclic) bond motifs is 1. The van der Waals surface area contributed by atoms with Gasteiger partial charge in [0.25, 0.3) is 0 Å². The maximum absolute atomic E-state index is 12.3. The Kier molecular flexibility index (Phi) is 6.93. The zero-order valence-corrected chi connectivity index (χ0v) is 14.2. The second-order valence-electron chi connectivity index (χ2n) is 6.29. The maximum atomic E-state index is 12.3. The molecule has 2 aliphatic rings. The predicted molar refractivity (Wildman–Crippen MR) is 85.5 cm³/mol. The highest BCUT2D eigenvalue weighted by Crippen LogP contribution is 2.42. The van der Waals surface area contributed by atoms with Gasteiger partial charge < -0.3 is 14.2 Å². The van der Waals surface area contributed by atoms with Gasteiger partial charge in [0, 0.05) is 6.42 Å². The maximum Gasteiger partial charge on any atom is 0.313 e. The first kappa shape index (κ1) is 17.8. The van der Waals surface area contributed by atoms with E-state index in [1.165, 1.54) is 0 Å². The molecule has 1 saturated heterocycles. The quantitative estimate of drug-likeness (QED) is 0.350. The summed E-state index contributed by atoms with van der Waals surface area (Å²) < 4.78 is 16.0. The van der Waals surface area contributed by atoms with Gasteiger partial charge >= 0.3 is 11.9 Å². The minimum absolute atomic E-state index is 0.00710. The molecule has 5 heteroatoms. The summed E-state index contributed by atoms with van der Waals surface area (Å²) in [4.78, 5) is 24.6. The summed E-state index contributed by atoms with van der Waals surface area (Å²) in [5.74, 6) is -0.869. The Balaban J connectivity index is 1.85. The Morgan fingerprint density at radius 2 is 1.65 bits per heavy atom. The van der Waals surface area contributed by atoms with E-state index in [1.54, 1.807) is 6.08 Å². The number of esters is 2. The van der Waals surface area contributed by atoms with Crippen LogP contribution < -0.4 is 0 Å². The van der Waals surface area contributed by atoms with E-state index >= 15 is 0 Å². The normalized spacial score (nSPS) is 25.0. The number of unbranched alkanes of at least 4 members (excludes halogenated alkanes) is 4. The summed E-state index contributed by atoms with van der Waals surface area (Å²) >= 11 is 0. The third-order valence-electron chi connectivity index (χ3n) is 4.34. The number of hydrogen-bond donors (Lipinski definition) is 0. The molecule has 5 nitrogen and oxygen atoms in total. The number of carbonyl (C=O) groups is 2. The topological polar surface area (TPSA) is 65.1 Å². The Morgan fingerprint density at radius 3 is 2.26 bits per heavy atom. The van der Waals surface area contributed by atoms with Crippen LogP contribution >= 0.6 is 0 Å². The van der Waals surface area contributed by atoms with Gasteiger partial charge in [0.1, 0.15) is 5.76 Å². The molecule has 1 heterocycles. The van der Waals surface area contributed by atoms with Crippen LogP contribution in [0.1, 0.15) is 58.8 Å². The first-order valence-electron chi connectivity index (χ1n) is 8.89. The number of carbonyl (C=O) groups excluding carboxylic acids is 2. The Labute approximate surface area is 138 Å². The van der Waals surface area contributed by atoms with Crippen LogP contribution in [0.4, 0.5) is 0 Å². The Hall–Kier alpha value is -1.52. The first-order chi connectivity index (χ1) is 11.2. The van der Waals surface area contributed by atoms with Crippen molar-refractivity contribution < 1.29 is 23.8 Å². The van der Waals surface area contributed by atoms with E-state index in [9.17, 15) is 9.59 Å². The molecule has 0 N–H and O–H groups in total. The Bertz CT molecular complexity index is 443. The summed E-state index contributed by atoms with van der Waals surface area (Å²) in [7, 11) is 0. The van der Waals surface area contributed by atoms with E-state index < -0.39 is 11.8 Å². The van der Waals surface area contributed by atoms with Crippen LogP contribution in [0.3, 0.4) is 0 Å². The van der Waals surface area contributed by atoms with Crippen molar-refractivity contribution in [2.45, 2.75) is 64.9 Å². The lowest BCUT2D eigenvalue weighted by Crippen LogP contribution is -2.34. The molecule has 3 unspecified atom stereocenters. The van der Waals surface area contributed by atoms with E-state index in [1.807, 2.05) is 0 Å². The second kappa shape index (κ2) is 8.94. The molecule has 0 amide bonds. The molecule has 0 spiro atoms. The van der Waals surface area contributed by atoms with Gasteiger partial charge in [-0.1, -0.05) is 39.5 Å². The van der Waals surface area contributed by atoms with Gasteiger partial charge in [-0.25, -0.2) is 0 Å². The number of epoxide rings is 1. The minimum Gasteiger partial charge on any atom is -0.483 e. The molecule has 2 rings (SSSR count). The molecular weight excluding hydrogens is 296 g/mol. The van der Waals surface area contributed by atoms with Crippen molar-refractivity contribution in [3.63, 3.8) is 0 Å². The fourth-order valence-electron chi connectivity index (χ4n) is 2.84. The zero-order chi connectivity index (χ0) is 16.7. The van der Waals surface area contributed by atoms with E-state index in [-0.39, 0.29) is 18.0 Å². The number of rotatable bonds is 10. The van der Waals surface area contributed by atoms with Crippen molar-refractivity contribution in [2.75, 3.05) is 13.2 Å². The van der Waals surface area contributed by atoms with Crippen LogP contribution in [0, 0.1) is 11.8 Å². The van der Waals surface area contributed by atoms with Gasteiger partial charge in [-0.05, 0) is 18.9 Å². The molecule has 130 valence electrons. The van der Waals surface area contributed by atoms with Crippen LogP contribution in [0.25, 0.3) is 0 Å². The SMILES string of the molecule is CCCCCOC(=O)C1C=C2OC2CC1C(=O)OCCCCC. The molecule has 0 radical (unpaired) electrons. The van der Waals surface area contributed by atoms with Gasteiger partial charge in [-0.3, -0.25) is 9.59 Å². The highest BCUT2D eigenvalue weighted by atomic mass is 16.6. The smallest absolute Gasteiger partial charge is 0.313 e. The fourth-order valence-corrected chi connectivity index (χ4v) is 2.84. The predicted octanol–water partition coefficient (Wildman–Crippen LogP) is 3.37. The standard InChI is InChI=1S/C18H28O5/c1-3-5-7-9-21-17(19)13-11-15-16(23-15)12-14(13)18(20)22-10-8-6-4-2/h11,13-14,16H,3-10,12H2,1-2H3. The summed E-state index contributed by atoms with van der Waals surface area (Å²) in [5.41, 5.74) is 0. The fraction of sp³-hybridized carbons (Fsp3) is 0.778. The monoisotopic (exact) mass is 324 g/mol. The van der Waals surface area contributed by atoms with Crippen molar-refractivity contribution in [1.29, 1.82) is 0 Å². The molecular formula is C18H28O5. The number of ether oxygens (including phenoxy) is 3. The van der Waals surface area contributed by atoms with Crippen molar-refractivity contribution in [3.05, 3.63) is 11.8 Å². The minimum atomic E-state index is -0.566. The van der Waals surface area contributed by atoms with E-state index in [4.69, 9.17) is 14.2 Å². The highest BCUT2D eigenvalue weighted by Gasteiger charge is 2.48. The lowest BCUT2D eigenvalue weighted by molar-refractivity contribution is -0.159. The summed E-state index contributed by atoms with van der Waals surface area (Å²) in [6.07, 6.45) is 8.21. The summed E-state index contributed by atoms with van der Waals surface area (Å²) in [6.45, 7) is 5.03. The van der Waals surface area contributed by atoms with Crippen LogP contribution in [0.5, 0.6) is 0 Å². The molecule has 1 fully saturated rings. The lowest BCUT2D eigenvalue weighted by atomic mass is 9.84. The first-order valence-corrected chi connectivity index (χ1v) is 8.89. The third kappa shape index (κ3) is 5.26. The van der Waals surface area contributed by atoms with Gasteiger partial charge in [0.2, 0.25) is 0 Å². The highest BCUT2D eigenvalue weighted by molar-refractivity contribution is 5.84. The molecule has 0 aromatic carbocycles. The summed E-state index contributed by atoms with van der Waals surface area (Å²) in [6, 6.07) is 0. The van der Waals surface area contributed by atoms with Crippen LogP contribution in [0.15, 0.2) is 11.8 Å². The van der Waals surface area contributed by atoms with Gasteiger partial charge in [-0.15, -0.1) is 0 Å². The average Bonchev–Trinajstić information content (AvgIpc) is 3.32. The van der Waals surface area contributed by atoms with Crippen LogP contribution in [0.2, 0.25) is 0 Å². The Morgan fingerprint density at radius 1 is 1.04 bits per heavy atom. The third-order valence-corrected chi connectivity index (χ3v) is 4.34. The molecule has 0 aromatic rings. The van der Waals surface area contributed by atoms with E-state index in [2.05, 4.69) is 13.8 Å². The van der Waals surface area contributed by atoms with Crippen molar-refractivity contribution >= 4 is 11.9 Å². The lowest BCUT2D eigenvalue weighted by Gasteiger charge is -2.22. The van der Waals surface area contributed by atoms with Crippen molar-refractivity contribution in [3.8, 4) is 0 Å². The summed E-state index contributed by atoms with van der Waals surface area (Å²) in [5, 5.41) is 0. The van der Waals surface area contributed by atoms with Crippen molar-refractivity contribution in [2.24, 2.45) is 11.8 Å². The average molecular weight is 324 g/mol. The molecule has 0 bridgehead atoms. The molecule has 3 atom stereocenters. The van der Waals surface area contributed by atoms with E-state index in [0.717, 1.165) is 44.3 Å². The second-order valence-corrected chi connectivity index (χ2v) is 6.29. The largest absolute Gasteiger partial charge is 0.483 e. The van der Waals surface area contributed by atoms with Crippen LogP contribution in [-0.2, 0) is 23.8 Å². The zero-order valence-electron chi connectivity index (χ0n) is 14.2.